The van der Waals surface area contributed by atoms with Gasteiger partial charge in [-0.3, -0.25) is 14.2 Å². The summed E-state index contributed by atoms with van der Waals surface area (Å²) >= 11 is 3.42. The molecule has 2 aromatic heterocycles. The Morgan fingerprint density at radius 1 is 1.22 bits per heavy atom. The summed E-state index contributed by atoms with van der Waals surface area (Å²) in [7, 11) is 2.96. The number of methoxy groups -OCH3 is 1. The van der Waals surface area contributed by atoms with Crippen LogP contribution in [0.4, 0.5) is 5.69 Å². The number of amides is 1. The molecule has 8 nitrogen and oxygen atoms in total. The minimum Gasteiger partial charge on any atom is -0.464 e. The molecule has 0 saturated heterocycles. The number of rotatable bonds is 4. The van der Waals surface area contributed by atoms with Gasteiger partial charge in [-0.25, -0.2) is 4.79 Å². The highest BCUT2D eigenvalue weighted by Crippen LogP contribution is 2.22. The van der Waals surface area contributed by atoms with Crippen LogP contribution >= 0.6 is 15.9 Å². The molecule has 124 valence electrons. The van der Waals surface area contributed by atoms with Crippen molar-refractivity contribution >= 4 is 33.5 Å². The van der Waals surface area contributed by atoms with E-state index in [0.29, 0.717) is 11.4 Å². The first-order chi connectivity index (χ1) is 10.8. The van der Waals surface area contributed by atoms with Crippen LogP contribution in [0.25, 0.3) is 0 Å². The fourth-order valence-electron chi connectivity index (χ4n) is 2.14. The lowest BCUT2D eigenvalue weighted by molar-refractivity contribution is -0.116. The Bertz CT molecular complexity index is 778. The SMILES string of the molecule is COC(=O)c1nn(C)c(C)c1NC(=O)Cn1nc(C)c(Br)c1C. The quantitative estimate of drug-likeness (QED) is 0.811. The smallest absolute Gasteiger partial charge is 0.360 e. The Balaban J connectivity index is 2.23. The summed E-state index contributed by atoms with van der Waals surface area (Å²) in [5.74, 6) is -0.901. The maximum absolute atomic E-state index is 12.3. The van der Waals surface area contributed by atoms with E-state index in [1.54, 1.807) is 18.7 Å². The van der Waals surface area contributed by atoms with Gasteiger partial charge in [-0.05, 0) is 36.7 Å². The van der Waals surface area contributed by atoms with Crippen molar-refractivity contribution in [2.75, 3.05) is 12.4 Å². The number of aromatic nitrogens is 4. The van der Waals surface area contributed by atoms with Crippen molar-refractivity contribution in [1.29, 1.82) is 0 Å². The monoisotopic (exact) mass is 383 g/mol. The third-order valence-electron chi connectivity index (χ3n) is 3.56. The van der Waals surface area contributed by atoms with Gasteiger partial charge >= 0.3 is 5.97 Å². The average Bonchev–Trinajstić information content (AvgIpc) is 2.92. The minimum absolute atomic E-state index is 0.0349. The van der Waals surface area contributed by atoms with Gasteiger partial charge in [-0.2, -0.15) is 10.2 Å². The van der Waals surface area contributed by atoms with Gasteiger partial charge < -0.3 is 10.1 Å². The van der Waals surface area contributed by atoms with Gasteiger partial charge in [0.25, 0.3) is 0 Å². The lowest BCUT2D eigenvalue weighted by Gasteiger charge is -2.08. The normalized spacial score (nSPS) is 10.7. The molecular weight excluding hydrogens is 366 g/mol. The molecule has 0 fully saturated rings. The number of nitrogens with one attached hydrogen (secondary N) is 1. The standard InChI is InChI=1S/C14H18BrN5O3/c1-7-11(15)8(2)20(17-7)6-10(21)16-12-9(3)19(4)18-13(12)14(22)23-5/h6H2,1-5H3,(H,16,21). The lowest BCUT2D eigenvalue weighted by Crippen LogP contribution is -2.22. The molecule has 0 spiro atoms. The molecule has 0 radical (unpaired) electrons. The number of halogens is 1. The summed E-state index contributed by atoms with van der Waals surface area (Å²) < 4.78 is 8.68. The van der Waals surface area contributed by atoms with E-state index < -0.39 is 5.97 Å². The average molecular weight is 384 g/mol. The van der Waals surface area contributed by atoms with Crippen LogP contribution in [0, 0.1) is 20.8 Å². The minimum atomic E-state index is -0.599. The fraction of sp³-hybridized carbons (Fsp3) is 0.429. The highest BCUT2D eigenvalue weighted by molar-refractivity contribution is 9.10. The van der Waals surface area contributed by atoms with Crippen LogP contribution in [-0.4, -0.2) is 38.5 Å². The largest absolute Gasteiger partial charge is 0.464 e. The number of ether oxygens (including phenoxy) is 1. The first-order valence-electron chi connectivity index (χ1n) is 6.87. The van der Waals surface area contributed by atoms with Gasteiger partial charge in [0.15, 0.2) is 5.69 Å². The van der Waals surface area contributed by atoms with Gasteiger partial charge in [0.1, 0.15) is 6.54 Å². The number of hydrogen-bond donors (Lipinski definition) is 1. The van der Waals surface area contributed by atoms with Crippen LogP contribution in [0.3, 0.4) is 0 Å². The molecule has 0 aliphatic rings. The topological polar surface area (TPSA) is 91.0 Å². The molecule has 23 heavy (non-hydrogen) atoms. The van der Waals surface area contributed by atoms with Crippen molar-refractivity contribution in [1.82, 2.24) is 19.6 Å². The zero-order chi connectivity index (χ0) is 17.3. The molecule has 0 aliphatic heterocycles. The van der Waals surface area contributed by atoms with Gasteiger partial charge in [-0.15, -0.1) is 0 Å². The second-order valence-electron chi connectivity index (χ2n) is 5.11. The van der Waals surface area contributed by atoms with E-state index in [1.807, 2.05) is 13.8 Å². The van der Waals surface area contributed by atoms with E-state index in [1.165, 1.54) is 11.8 Å². The summed E-state index contributed by atoms with van der Waals surface area (Å²) in [6, 6.07) is 0. The number of carbonyl (C=O) groups excluding carboxylic acids is 2. The summed E-state index contributed by atoms with van der Waals surface area (Å²) in [4.78, 5) is 24.1. The van der Waals surface area contributed by atoms with Crippen molar-refractivity contribution in [3.05, 3.63) is 27.2 Å². The van der Waals surface area contributed by atoms with Gasteiger partial charge in [0.05, 0.1) is 34.4 Å². The second kappa shape index (κ2) is 6.53. The number of hydrogen-bond acceptors (Lipinski definition) is 5. The molecule has 1 amide bonds. The van der Waals surface area contributed by atoms with Gasteiger partial charge in [0, 0.05) is 7.05 Å². The summed E-state index contributed by atoms with van der Waals surface area (Å²) in [5, 5.41) is 11.1. The molecule has 9 heteroatoms. The number of carbonyl (C=O) groups is 2. The Hall–Kier alpha value is -2.16. The Morgan fingerprint density at radius 3 is 2.39 bits per heavy atom. The molecular formula is C14H18BrN5O3. The molecule has 0 bridgehead atoms. The predicted octanol–water partition coefficient (Wildman–Crippen LogP) is 1.73. The van der Waals surface area contributed by atoms with Crippen molar-refractivity contribution in [3.63, 3.8) is 0 Å². The molecule has 2 rings (SSSR count). The summed E-state index contributed by atoms with van der Waals surface area (Å²) in [6.07, 6.45) is 0. The molecule has 2 aromatic rings. The van der Waals surface area contributed by atoms with E-state index in [4.69, 9.17) is 4.74 Å². The van der Waals surface area contributed by atoms with Crippen molar-refractivity contribution < 1.29 is 14.3 Å². The van der Waals surface area contributed by atoms with Gasteiger partial charge in [0.2, 0.25) is 5.91 Å². The zero-order valence-electron chi connectivity index (χ0n) is 13.6. The van der Waals surface area contributed by atoms with E-state index in [9.17, 15) is 9.59 Å². The fourth-order valence-corrected chi connectivity index (χ4v) is 2.43. The van der Waals surface area contributed by atoms with E-state index in [2.05, 4.69) is 31.4 Å². The highest BCUT2D eigenvalue weighted by Gasteiger charge is 2.22. The molecule has 0 unspecified atom stereocenters. The summed E-state index contributed by atoms with van der Waals surface area (Å²) in [6.45, 7) is 5.51. The molecule has 0 saturated carbocycles. The maximum atomic E-state index is 12.3. The van der Waals surface area contributed by atoms with Crippen LogP contribution in [0.1, 0.15) is 27.6 Å². The highest BCUT2D eigenvalue weighted by atomic mass is 79.9. The lowest BCUT2D eigenvalue weighted by atomic mass is 10.3. The Morgan fingerprint density at radius 2 is 1.87 bits per heavy atom. The maximum Gasteiger partial charge on any atom is 0.360 e. The van der Waals surface area contributed by atoms with E-state index in [-0.39, 0.29) is 18.1 Å². The first-order valence-corrected chi connectivity index (χ1v) is 7.66. The number of esters is 1. The third-order valence-corrected chi connectivity index (χ3v) is 4.71. The van der Waals surface area contributed by atoms with Crippen LogP contribution in [0.2, 0.25) is 0 Å². The Kier molecular flexibility index (Phi) is 4.88. The molecule has 2 heterocycles. The second-order valence-corrected chi connectivity index (χ2v) is 5.91. The number of anilines is 1. The van der Waals surface area contributed by atoms with E-state index in [0.717, 1.165) is 15.9 Å². The summed E-state index contributed by atoms with van der Waals surface area (Å²) in [5.41, 5.74) is 2.76. The zero-order valence-corrected chi connectivity index (χ0v) is 15.2. The molecule has 1 N–H and O–H groups in total. The first kappa shape index (κ1) is 17.2. The number of nitrogens with zero attached hydrogens (tertiary/aromatic N) is 4. The number of aryl methyl sites for hydroxylation is 2. The van der Waals surface area contributed by atoms with Crippen LogP contribution in [-0.2, 0) is 23.1 Å². The van der Waals surface area contributed by atoms with Crippen molar-refractivity contribution in [3.8, 4) is 0 Å². The van der Waals surface area contributed by atoms with Gasteiger partial charge in [-0.1, -0.05) is 0 Å². The van der Waals surface area contributed by atoms with Crippen LogP contribution < -0.4 is 5.32 Å². The van der Waals surface area contributed by atoms with E-state index >= 15 is 0 Å². The predicted molar refractivity (Wildman–Crippen MR) is 87.3 cm³/mol. The van der Waals surface area contributed by atoms with Crippen LogP contribution in [0.5, 0.6) is 0 Å². The molecule has 0 atom stereocenters. The Labute approximate surface area is 141 Å². The third kappa shape index (κ3) is 3.29. The van der Waals surface area contributed by atoms with Crippen LogP contribution in [0.15, 0.2) is 4.47 Å². The molecule has 0 aromatic carbocycles. The van der Waals surface area contributed by atoms with Crippen molar-refractivity contribution in [2.45, 2.75) is 27.3 Å². The van der Waals surface area contributed by atoms with Crippen molar-refractivity contribution in [2.24, 2.45) is 7.05 Å². The molecule has 0 aliphatic carbocycles.